The molecule has 3 aromatic rings. The van der Waals surface area contributed by atoms with Crippen LogP contribution in [0.4, 0.5) is 5.69 Å². The molecule has 0 aliphatic carbocycles. The van der Waals surface area contributed by atoms with Crippen LogP contribution < -0.4 is 21.5 Å². The fourth-order valence-corrected chi connectivity index (χ4v) is 3.18. The highest BCUT2D eigenvalue weighted by molar-refractivity contribution is 6.07. The number of pyridine rings is 1. The van der Waals surface area contributed by atoms with Gasteiger partial charge >= 0.3 is 0 Å². The second kappa shape index (κ2) is 7.25. The molecule has 0 saturated carbocycles. The minimum absolute atomic E-state index is 0.199. The van der Waals surface area contributed by atoms with E-state index in [9.17, 15) is 4.79 Å². The van der Waals surface area contributed by atoms with Crippen LogP contribution in [0.5, 0.6) is 5.75 Å². The van der Waals surface area contributed by atoms with Crippen LogP contribution in [0.3, 0.4) is 0 Å². The van der Waals surface area contributed by atoms with E-state index in [1.165, 1.54) is 0 Å². The molecule has 1 amide bonds. The molecule has 1 aromatic heterocycles. The largest absolute Gasteiger partial charge is 0.497 e. The molecule has 1 heterocycles. The molecule has 2 aromatic carbocycles. The van der Waals surface area contributed by atoms with Gasteiger partial charge in [0.2, 0.25) is 0 Å². The minimum atomic E-state index is -0.566. The number of nitrogens with two attached hydrogens (primary N) is 2. The summed E-state index contributed by atoms with van der Waals surface area (Å²) in [6.45, 7) is 3.92. The van der Waals surface area contributed by atoms with Crippen LogP contribution in [0.25, 0.3) is 10.9 Å². The Morgan fingerprint density at radius 1 is 1.19 bits per heavy atom. The summed E-state index contributed by atoms with van der Waals surface area (Å²) in [4.78, 5) is 16.1. The monoisotopic (exact) mass is 364 g/mol. The van der Waals surface area contributed by atoms with Gasteiger partial charge in [-0.25, -0.2) is 0 Å². The number of rotatable bonds is 6. The number of ether oxygens (including phenoxy) is 1. The first-order valence-corrected chi connectivity index (χ1v) is 8.68. The summed E-state index contributed by atoms with van der Waals surface area (Å²) in [5, 5.41) is 4.33. The molecule has 0 saturated heterocycles. The van der Waals surface area contributed by atoms with E-state index in [2.05, 4.69) is 10.3 Å². The average molecular weight is 364 g/mol. The molecular formula is C21H24N4O2. The maximum atomic E-state index is 11.7. The molecule has 27 heavy (non-hydrogen) atoms. The summed E-state index contributed by atoms with van der Waals surface area (Å²) in [6.07, 6.45) is 1.66. The van der Waals surface area contributed by atoms with Gasteiger partial charge in [-0.15, -0.1) is 0 Å². The maximum absolute atomic E-state index is 11.7. The van der Waals surface area contributed by atoms with Gasteiger partial charge in [0.05, 0.1) is 24.2 Å². The third kappa shape index (κ3) is 3.85. The van der Waals surface area contributed by atoms with E-state index in [1.54, 1.807) is 25.4 Å². The molecule has 0 radical (unpaired) electrons. The minimum Gasteiger partial charge on any atom is -0.497 e. The van der Waals surface area contributed by atoms with Crippen molar-refractivity contribution in [3.8, 4) is 5.75 Å². The highest BCUT2D eigenvalue weighted by atomic mass is 16.5. The van der Waals surface area contributed by atoms with Crippen molar-refractivity contribution in [1.82, 2.24) is 4.98 Å². The van der Waals surface area contributed by atoms with Crippen molar-refractivity contribution in [3.05, 3.63) is 65.9 Å². The number of fused-ring (bicyclic) bond motifs is 1. The molecule has 0 unspecified atom stereocenters. The van der Waals surface area contributed by atoms with Gasteiger partial charge in [-0.1, -0.05) is 24.3 Å². The summed E-state index contributed by atoms with van der Waals surface area (Å²) in [7, 11) is 1.64. The van der Waals surface area contributed by atoms with Gasteiger partial charge in [0, 0.05) is 22.8 Å². The number of primary amides is 1. The van der Waals surface area contributed by atoms with Crippen LogP contribution in [0.2, 0.25) is 0 Å². The van der Waals surface area contributed by atoms with Gasteiger partial charge in [0.25, 0.3) is 5.91 Å². The van der Waals surface area contributed by atoms with E-state index < -0.39 is 11.4 Å². The third-order valence-electron chi connectivity index (χ3n) is 4.51. The van der Waals surface area contributed by atoms with Crippen LogP contribution in [-0.4, -0.2) is 23.5 Å². The van der Waals surface area contributed by atoms with Gasteiger partial charge < -0.3 is 21.5 Å². The van der Waals surface area contributed by atoms with E-state index in [1.807, 2.05) is 50.2 Å². The average Bonchev–Trinajstić information content (AvgIpc) is 2.64. The second-order valence-corrected chi connectivity index (χ2v) is 7.10. The quantitative estimate of drug-likeness (QED) is 0.623. The molecular weight excluding hydrogens is 340 g/mol. The molecule has 6 heteroatoms. The molecule has 0 fully saturated rings. The standard InChI is InChI=1S/C21H24N4O2/c1-21(2,23)19(13-6-4-7-14(12-13)27-3)25-17-10-11-24-18-15(17)8-5-9-16(18)20(22)26/h4-12,19H,23H2,1-3H3,(H2,22,26)(H,24,25)/t19-/m0/s1. The van der Waals surface area contributed by atoms with Crippen molar-refractivity contribution in [3.63, 3.8) is 0 Å². The molecule has 5 N–H and O–H groups in total. The van der Waals surface area contributed by atoms with Crippen LogP contribution in [0.15, 0.2) is 54.7 Å². The number of carbonyl (C=O) groups excluding carboxylic acids is 1. The van der Waals surface area contributed by atoms with E-state index in [0.29, 0.717) is 11.1 Å². The summed E-state index contributed by atoms with van der Waals surface area (Å²) in [6, 6.07) is 14.8. The van der Waals surface area contributed by atoms with Gasteiger partial charge in [-0.3, -0.25) is 9.78 Å². The first-order chi connectivity index (χ1) is 12.8. The second-order valence-electron chi connectivity index (χ2n) is 7.10. The van der Waals surface area contributed by atoms with Crippen molar-refractivity contribution in [2.75, 3.05) is 12.4 Å². The Bertz CT molecular complexity index is 979. The molecule has 0 aliphatic heterocycles. The molecule has 140 valence electrons. The Kier molecular flexibility index (Phi) is 5.01. The molecule has 0 spiro atoms. The Hall–Kier alpha value is -3.12. The van der Waals surface area contributed by atoms with Crippen LogP contribution >= 0.6 is 0 Å². The number of carbonyl (C=O) groups is 1. The van der Waals surface area contributed by atoms with E-state index in [-0.39, 0.29) is 6.04 Å². The van der Waals surface area contributed by atoms with Crippen molar-refractivity contribution in [2.45, 2.75) is 25.4 Å². The Labute approximate surface area is 158 Å². The highest BCUT2D eigenvalue weighted by Crippen LogP contribution is 2.33. The normalized spacial score (nSPS) is 12.6. The number of benzene rings is 2. The zero-order chi connectivity index (χ0) is 19.6. The summed E-state index contributed by atoms with van der Waals surface area (Å²) in [5.74, 6) is 0.257. The zero-order valence-corrected chi connectivity index (χ0v) is 15.7. The number of hydrogen-bond acceptors (Lipinski definition) is 5. The first kappa shape index (κ1) is 18.7. The van der Waals surface area contributed by atoms with Gasteiger partial charge in [-0.2, -0.15) is 0 Å². The fourth-order valence-electron chi connectivity index (χ4n) is 3.18. The van der Waals surface area contributed by atoms with Gasteiger partial charge in [0.15, 0.2) is 0 Å². The topological polar surface area (TPSA) is 103 Å². The Balaban J connectivity index is 2.09. The van der Waals surface area contributed by atoms with E-state index in [4.69, 9.17) is 16.2 Å². The van der Waals surface area contributed by atoms with Gasteiger partial charge in [-0.05, 0) is 43.7 Å². The van der Waals surface area contributed by atoms with E-state index >= 15 is 0 Å². The van der Waals surface area contributed by atoms with Crippen molar-refractivity contribution >= 4 is 22.5 Å². The Morgan fingerprint density at radius 2 is 1.93 bits per heavy atom. The zero-order valence-electron chi connectivity index (χ0n) is 15.7. The van der Waals surface area contributed by atoms with Crippen LogP contribution in [0, 0.1) is 0 Å². The number of methoxy groups -OCH3 is 1. The van der Waals surface area contributed by atoms with Crippen LogP contribution in [0.1, 0.15) is 35.8 Å². The number of aromatic nitrogens is 1. The lowest BCUT2D eigenvalue weighted by Gasteiger charge is -2.33. The fraction of sp³-hybridized carbons (Fsp3) is 0.238. The predicted molar refractivity (Wildman–Crippen MR) is 108 cm³/mol. The lowest BCUT2D eigenvalue weighted by molar-refractivity contribution is 0.100. The Morgan fingerprint density at radius 3 is 2.59 bits per heavy atom. The number of hydrogen-bond donors (Lipinski definition) is 3. The van der Waals surface area contributed by atoms with Crippen molar-refractivity contribution in [2.24, 2.45) is 11.5 Å². The van der Waals surface area contributed by atoms with Gasteiger partial charge in [0.1, 0.15) is 5.75 Å². The van der Waals surface area contributed by atoms with Crippen molar-refractivity contribution in [1.29, 1.82) is 0 Å². The SMILES string of the molecule is COc1cccc([C@H](Nc2ccnc3c(C(N)=O)cccc23)C(C)(C)N)c1. The molecule has 3 rings (SSSR count). The maximum Gasteiger partial charge on any atom is 0.250 e. The first-order valence-electron chi connectivity index (χ1n) is 8.68. The predicted octanol–water partition coefficient (Wildman–Crippen LogP) is 3.23. The number of para-hydroxylation sites is 1. The summed E-state index contributed by atoms with van der Waals surface area (Å²) < 4.78 is 5.35. The highest BCUT2D eigenvalue weighted by Gasteiger charge is 2.28. The number of amides is 1. The smallest absolute Gasteiger partial charge is 0.250 e. The molecule has 0 aliphatic rings. The molecule has 6 nitrogen and oxygen atoms in total. The number of nitrogens with one attached hydrogen (secondary N) is 1. The van der Waals surface area contributed by atoms with Crippen molar-refractivity contribution < 1.29 is 9.53 Å². The molecule has 1 atom stereocenters. The number of anilines is 1. The lowest BCUT2D eigenvalue weighted by Crippen LogP contribution is -2.43. The summed E-state index contributed by atoms with van der Waals surface area (Å²) >= 11 is 0. The van der Waals surface area contributed by atoms with E-state index in [0.717, 1.165) is 22.4 Å². The lowest BCUT2D eigenvalue weighted by atomic mass is 9.89. The summed E-state index contributed by atoms with van der Waals surface area (Å²) in [5.41, 5.74) is 14.2. The molecule has 0 bridgehead atoms. The third-order valence-corrected chi connectivity index (χ3v) is 4.51. The number of nitrogens with zero attached hydrogens (tertiary/aromatic N) is 1. The van der Waals surface area contributed by atoms with Crippen LogP contribution in [-0.2, 0) is 0 Å².